The normalized spacial score (nSPS) is 14.4. The van der Waals surface area contributed by atoms with E-state index in [0.29, 0.717) is 11.5 Å². The molecule has 80 valence electrons. The van der Waals surface area contributed by atoms with Crippen LogP contribution < -0.4 is 11.6 Å². The molecule has 14 heavy (non-hydrogen) atoms. The van der Waals surface area contributed by atoms with Crippen LogP contribution in [0.25, 0.3) is 0 Å². The maximum atomic E-state index is 11.0. The third-order valence-corrected chi connectivity index (χ3v) is 2.51. The van der Waals surface area contributed by atoms with Gasteiger partial charge in [0.05, 0.1) is 6.04 Å². The van der Waals surface area contributed by atoms with Gasteiger partial charge in [0.25, 0.3) is 0 Å². The molecule has 0 aliphatic rings. The molecular weight excluding hydrogens is 182 g/mol. The number of nitrogens with two attached hydrogens (primary N) is 1. The van der Waals surface area contributed by atoms with Crippen molar-refractivity contribution in [2.75, 3.05) is 0 Å². The highest BCUT2D eigenvalue weighted by Gasteiger charge is 2.29. The fourth-order valence-corrected chi connectivity index (χ4v) is 1.22. The lowest BCUT2D eigenvalue weighted by molar-refractivity contribution is 0.330. The Morgan fingerprint density at radius 2 is 2.00 bits per heavy atom. The largest absolute Gasteiger partial charge is 0.519 e. The monoisotopic (exact) mass is 199 g/mol. The lowest BCUT2D eigenvalue weighted by Gasteiger charge is -2.20. The van der Waals surface area contributed by atoms with E-state index in [2.05, 4.69) is 0 Å². The van der Waals surface area contributed by atoms with Gasteiger partial charge in [-0.25, -0.2) is 4.79 Å². The second-order valence-electron chi connectivity index (χ2n) is 4.17. The van der Waals surface area contributed by atoms with Crippen molar-refractivity contribution in [1.29, 1.82) is 0 Å². The number of hydrogen-bond acceptors (Lipinski definition) is 4. The van der Waals surface area contributed by atoms with Gasteiger partial charge in [0, 0.05) is 5.41 Å². The molecule has 1 atom stereocenters. The molecule has 0 aliphatic carbocycles. The lowest BCUT2D eigenvalue weighted by atomic mass is 9.85. The van der Waals surface area contributed by atoms with Gasteiger partial charge in [0.2, 0.25) is 0 Å². The molecule has 2 N–H and O–H groups in total. The van der Waals surface area contributed by atoms with Crippen molar-refractivity contribution in [1.82, 2.24) is 0 Å². The lowest BCUT2D eigenvalue weighted by Crippen LogP contribution is -2.19. The first-order chi connectivity index (χ1) is 6.38. The van der Waals surface area contributed by atoms with Crippen LogP contribution >= 0.6 is 0 Å². The molecule has 0 aromatic carbocycles. The molecule has 0 fully saturated rings. The fraction of sp³-hybridized carbons (Fsp3) is 0.700. The molecule has 4 heteroatoms. The number of rotatable bonds is 3. The molecule has 0 saturated carbocycles. The second kappa shape index (κ2) is 3.61. The van der Waals surface area contributed by atoms with Gasteiger partial charge in [-0.15, -0.1) is 0 Å². The Morgan fingerprint density at radius 1 is 1.43 bits per heavy atom. The minimum Gasteiger partial charge on any atom is -0.395 e. The zero-order chi connectivity index (χ0) is 10.9. The highest BCUT2D eigenvalue weighted by Crippen LogP contribution is 2.31. The highest BCUT2D eigenvalue weighted by atomic mass is 16.6. The van der Waals surface area contributed by atoms with Crippen LogP contribution in [0.5, 0.6) is 0 Å². The zero-order valence-corrected chi connectivity index (χ0v) is 9.09. The van der Waals surface area contributed by atoms with E-state index >= 15 is 0 Å². The van der Waals surface area contributed by atoms with Crippen LogP contribution in [-0.4, -0.2) is 0 Å². The van der Waals surface area contributed by atoms with Crippen LogP contribution in [-0.2, 0) is 5.41 Å². The maximum Gasteiger partial charge on any atom is 0.519 e. The molecule has 1 unspecified atom stereocenters. The van der Waals surface area contributed by atoms with Crippen molar-refractivity contribution in [3.05, 3.63) is 22.1 Å². The Morgan fingerprint density at radius 3 is 2.43 bits per heavy atom. The molecule has 1 aromatic rings. The van der Waals surface area contributed by atoms with Gasteiger partial charge in [-0.3, -0.25) is 0 Å². The first-order valence-corrected chi connectivity index (χ1v) is 4.78. The van der Waals surface area contributed by atoms with Gasteiger partial charge in [-0.05, 0) is 13.3 Å². The molecule has 4 nitrogen and oxygen atoms in total. The maximum absolute atomic E-state index is 11.0. The fourth-order valence-electron chi connectivity index (χ4n) is 1.22. The van der Waals surface area contributed by atoms with E-state index in [4.69, 9.17) is 14.6 Å². The van der Waals surface area contributed by atoms with Crippen LogP contribution in [0.4, 0.5) is 0 Å². The van der Waals surface area contributed by atoms with Crippen LogP contribution in [0.3, 0.4) is 0 Å². The standard InChI is InChI=1S/C10H17NO3/c1-5-10(3,4)8-7(6(2)11)13-9(12)14-8/h6H,5,11H2,1-4H3. The van der Waals surface area contributed by atoms with Crippen molar-refractivity contribution >= 4 is 0 Å². The van der Waals surface area contributed by atoms with Gasteiger partial charge < -0.3 is 14.6 Å². The molecule has 0 radical (unpaired) electrons. The average molecular weight is 199 g/mol. The summed E-state index contributed by atoms with van der Waals surface area (Å²) in [6.07, 6.45) is 0.856. The summed E-state index contributed by atoms with van der Waals surface area (Å²) < 4.78 is 9.95. The average Bonchev–Trinajstić information content (AvgIpc) is 2.48. The smallest absolute Gasteiger partial charge is 0.395 e. The van der Waals surface area contributed by atoms with Crippen LogP contribution in [0.2, 0.25) is 0 Å². The zero-order valence-electron chi connectivity index (χ0n) is 9.09. The molecule has 0 spiro atoms. The quantitative estimate of drug-likeness (QED) is 0.807. The Kier molecular flexibility index (Phi) is 2.85. The molecule has 0 amide bonds. The van der Waals surface area contributed by atoms with E-state index in [-0.39, 0.29) is 11.5 Å². The molecule has 1 aromatic heterocycles. The minimum atomic E-state index is -0.672. The summed E-state index contributed by atoms with van der Waals surface area (Å²) in [6.45, 7) is 7.78. The molecule has 0 aliphatic heterocycles. The summed E-state index contributed by atoms with van der Waals surface area (Å²) in [6, 6.07) is -0.317. The van der Waals surface area contributed by atoms with E-state index < -0.39 is 5.82 Å². The van der Waals surface area contributed by atoms with E-state index in [9.17, 15) is 4.79 Å². The van der Waals surface area contributed by atoms with Crippen molar-refractivity contribution in [2.45, 2.75) is 45.6 Å². The Labute approximate surface area is 83.1 Å². The third-order valence-electron chi connectivity index (χ3n) is 2.51. The van der Waals surface area contributed by atoms with E-state index in [0.717, 1.165) is 6.42 Å². The van der Waals surface area contributed by atoms with Crippen molar-refractivity contribution in [2.24, 2.45) is 5.73 Å². The predicted molar refractivity (Wildman–Crippen MR) is 53.2 cm³/mol. The molecule has 1 rings (SSSR count). The van der Waals surface area contributed by atoms with Gasteiger partial charge in [0.15, 0.2) is 11.5 Å². The van der Waals surface area contributed by atoms with Crippen molar-refractivity contribution in [3.8, 4) is 0 Å². The van der Waals surface area contributed by atoms with Crippen molar-refractivity contribution < 1.29 is 8.83 Å². The summed E-state index contributed by atoms with van der Waals surface area (Å²) in [7, 11) is 0. The minimum absolute atomic E-state index is 0.213. The molecular formula is C10H17NO3. The van der Waals surface area contributed by atoms with Gasteiger partial charge >= 0.3 is 5.82 Å². The van der Waals surface area contributed by atoms with Crippen LogP contribution in [0.15, 0.2) is 13.6 Å². The van der Waals surface area contributed by atoms with Gasteiger partial charge in [-0.1, -0.05) is 20.8 Å². The SMILES string of the molecule is CCC(C)(C)c1oc(=O)oc1C(C)N. The summed E-state index contributed by atoms with van der Waals surface area (Å²) in [5.74, 6) is 0.357. The van der Waals surface area contributed by atoms with E-state index in [1.54, 1.807) is 6.92 Å². The Bertz CT molecular complexity index is 360. The second-order valence-corrected chi connectivity index (χ2v) is 4.17. The first kappa shape index (κ1) is 11.0. The van der Waals surface area contributed by atoms with E-state index in [1.807, 2.05) is 20.8 Å². The summed E-state index contributed by atoms with van der Waals surface area (Å²) in [4.78, 5) is 11.0. The molecule has 1 heterocycles. The topological polar surface area (TPSA) is 69.4 Å². The van der Waals surface area contributed by atoms with Crippen molar-refractivity contribution in [3.63, 3.8) is 0 Å². The summed E-state index contributed by atoms with van der Waals surface area (Å²) in [5, 5.41) is 0. The van der Waals surface area contributed by atoms with Crippen LogP contribution in [0.1, 0.15) is 51.7 Å². The first-order valence-electron chi connectivity index (χ1n) is 4.78. The van der Waals surface area contributed by atoms with Crippen LogP contribution in [0, 0.1) is 0 Å². The predicted octanol–water partition coefficient (Wildman–Crippen LogP) is 1.94. The van der Waals surface area contributed by atoms with Gasteiger partial charge in [0.1, 0.15) is 0 Å². The Balaban J connectivity index is 3.26. The van der Waals surface area contributed by atoms with E-state index in [1.165, 1.54) is 0 Å². The third kappa shape index (κ3) is 1.90. The number of hydrogen-bond donors (Lipinski definition) is 1. The molecule has 0 bridgehead atoms. The highest BCUT2D eigenvalue weighted by molar-refractivity contribution is 5.16. The van der Waals surface area contributed by atoms with Gasteiger partial charge in [-0.2, -0.15) is 0 Å². The summed E-state index contributed by atoms with van der Waals surface area (Å²) >= 11 is 0. The molecule has 0 saturated heterocycles. The Hall–Kier alpha value is -1.03. The summed E-state index contributed by atoms with van der Waals surface area (Å²) in [5.41, 5.74) is 5.47.